The Labute approximate surface area is 330 Å². The lowest BCUT2D eigenvalue weighted by Crippen LogP contribution is -2.07. The molecule has 0 fully saturated rings. The van der Waals surface area contributed by atoms with Crippen LogP contribution in [0.25, 0.3) is 94.1 Å². The van der Waals surface area contributed by atoms with Gasteiger partial charge in [-0.2, -0.15) is 0 Å². The summed E-state index contributed by atoms with van der Waals surface area (Å²) < 4.78 is 6.63. The molecule has 2 aromatic heterocycles. The molecule has 4 nitrogen and oxygen atoms in total. The average molecular weight is 730 g/mol. The standard InChI is InChI=1S/C53H35N3O/c1-2-13-36(14-3-1)46-23-10-24-47-49-45(22-11-25-48(49)57-50(46)47)40-18-8-19-41(33-40)52-54-51(55-53(56-52)42-31-26-34-12-4-5-16-39(34)32-42)38-29-27-37(28-30-38)44-21-9-17-35-15-6-7-20-43(35)44/h1-32,40H,33H2. The van der Waals surface area contributed by atoms with Crippen LogP contribution >= 0.6 is 0 Å². The molecule has 0 amide bonds. The first-order chi connectivity index (χ1) is 28.2. The summed E-state index contributed by atoms with van der Waals surface area (Å²) in [5, 5.41) is 7.06. The van der Waals surface area contributed by atoms with Crippen LogP contribution in [0.2, 0.25) is 0 Å². The third kappa shape index (κ3) is 5.90. The minimum atomic E-state index is 0.0965. The van der Waals surface area contributed by atoms with Gasteiger partial charge in [0.25, 0.3) is 0 Å². The van der Waals surface area contributed by atoms with Crippen molar-refractivity contribution in [2.45, 2.75) is 12.3 Å². The third-order valence-electron chi connectivity index (χ3n) is 11.3. The van der Waals surface area contributed by atoms with Crippen LogP contribution in [-0.4, -0.2) is 15.0 Å². The van der Waals surface area contributed by atoms with Gasteiger partial charge in [0.1, 0.15) is 11.2 Å². The smallest absolute Gasteiger partial charge is 0.164 e. The minimum absolute atomic E-state index is 0.0965. The Bertz CT molecular complexity index is 3210. The number of hydrogen-bond donors (Lipinski definition) is 0. The van der Waals surface area contributed by atoms with Gasteiger partial charge in [0.05, 0.1) is 0 Å². The van der Waals surface area contributed by atoms with Crippen LogP contribution in [0.5, 0.6) is 0 Å². The lowest BCUT2D eigenvalue weighted by molar-refractivity contribution is 0.669. The van der Waals surface area contributed by atoms with Crippen molar-refractivity contribution in [2.24, 2.45) is 0 Å². The van der Waals surface area contributed by atoms with E-state index in [2.05, 4.69) is 188 Å². The zero-order valence-electron chi connectivity index (χ0n) is 31.0. The second kappa shape index (κ2) is 13.7. The maximum atomic E-state index is 6.63. The summed E-state index contributed by atoms with van der Waals surface area (Å²) in [6.45, 7) is 0. The molecule has 2 heterocycles. The summed E-state index contributed by atoms with van der Waals surface area (Å²) in [6.07, 6.45) is 7.33. The maximum Gasteiger partial charge on any atom is 0.164 e. The van der Waals surface area contributed by atoms with Gasteiger partial charge in [-0.25, -0.2) is 15.0 Å². The molecule has 1 atom stereocenters. The summed E-state index contributed by atoms with van der Waals surface area (Å²) in [5.41, 5.74) is 10.6. The molecule has 57 heavy (non-hydrogen) atoms. The molecule has 0 saturated carbocycles. The molecule has 1 aliphatic rings. The Morgan fingerprint density at radius 2 is 1.09 bits per heavy atom. The molecule has 10 aromatic rings. The molecule has 8 aromatic carbocycles. The number of allylic oxidation sites excluding steroid dienone is 4. The Kier molecular flexibility index (Phi) is 7.92. The van der Waals surface area contributed by atoms with Crippen LogP contribution in [0.4, 0.5) is 0 Å². The monoisotopic (exact) mass is 729 g/mol. The predicted octanol–water partition coefficient (Wildman–Crippen LogP) is 13.9. The molecule has 0 radical (unpaired) electrons. The molecule has 4 heteroatoms. The van der Waals surface area contributed by atoms with Gasteiger partial charge in [-0.1, -0.05) is 182 Å². The lowest BCUT2D eigenvalue weighted by Gasteiger charge is -2.20. The summed E-state index contributed by atoms with van der Waals surface area (Å²) in [5.74, 6) is 2.09. The molecular weight excluding hydrogens is 695 g/mol. The number of furan rings is 1. The van der Waals surface area contributed by atoms with Crippen molar-refractivity contribution < 1.29 is 4.42 Å². The van der Waals surface area contributed by atoms with E-state index in [4.69, 9.17) is 19.4 Å². The van der Waals surface area contributed by atoms with E-state index in [1.807, 2.05) is 6.07 Å². The van der Waals surface area contributed by atoms with Gasteiger partial charge in [0, 0.05) is 33.4 Å². The molecule has 1 unspecified atom stereocenters. The van der Waals surface area contributed by atoms with Crippen LogP contribution in [0.15, 0.2) is 199 Å². The number of nitrogens with zero attached hydrogens (tertiary/aromatic N) is 3. The first-order valence-electron chi connectivity index (χ1n) is 19.4. The Balaban J connectivity index is 0.998. The van der Waals surface area contributed by atoms with Crippen molar-refractivity contribution >= 4 is 49.1 Å². The van der Waals surface area contributed by atoms with Crippen LogP contribution in [0.3, 0.4) is 0 Å². The molecule has 268 valence electrons. The van der Waals surface area contributed by atoms with Crippen LogP contribution in [0, 0.1) is 0 Å². The van der Waals surface area contributed by atoms with Crippen molar-refractivity contribution in [1.29, 1.82) is 0 Å². The van der Waals surface area contributed by atoms with Crippen LogP contribution in [-0.2, 0) is 0 Å². The Hall–Kier alpha value is -7.43. The van der Waals surface area contributed by atoms with Crippen LogP contribution in [0.1, 0.15) is 23.7 Å². The number of hydrogen-bond acceptors (Lipinski definition) is 4. The highest BCUT2D eigenvalue weighted by Crippen LogP contribution is 2.43. The van der Waals surface area contributed by atoms with Gasteiger partial charge in [-0.05, 0) is 67.9 Å². The zero-order valence-corrected chi connectivity index (χ0v) is 31.0. The zero-order chi connectivity index (χ0) is 37.7. The molecule has 0 aliphatic heterocycles. The fourth-order valence-electron chi connectivity index (χ4n) is 8.47. The van der Waals surface area contributed by atoms with E-state index in [1.54, 1.807) is 0 Å². The maximum absolute atomic E-state index is 6.63. The third-order valence-corrected chi connectivity index (χ3v) is 11.3. The summed E-state index contributed by atoms with van der Waals surface area (Å²) >= 11 is 0. The highest BCUT2D eigenvalue weighted by molar-refractivity contribution is 6.11. The quantitative estimate of drug-likeness (QED) is 0.171. The lowest BCUT2D eigenvalue weighted by atomic mass is 9.85. The number of fused-ring (bicyclic) bond motifs is 5. The normalized spacial score (nSPS) is 14.1. The van der Waals surface area contributed by atoms with Gasteiger partial charge in [0.2, 0.25) is 0 Å². The van der Waals surface area contributed by atoms with Gasteiger partial charge in [-0.3, -0.25) is 0 Å². The first-order valence-corrected chi connectivity index (χ1v) is 19.4. The van der Waals surface area contributed by atoms with Crippen molar-refractivity contribution in [3.8, 4) is 45.0 Å². The van der Waals surface area contributed by atoms with Crippen molar-refractivity contribution in [2.75, 3.05) is 0 Å². The van der Waals surface area contributed by atoms with E-state index in [9.17, 15) is 0 Å². The van der Waals surface area contributed by atoms with E-state index in [1.165, 1.54) is 27.3 Å². The molecule has 0 saturated heterocycles. The minimum Gasteiger partial charge on any atom is -0.455 e. The largest absolute Gasteiger partial charge is 0.455 e. The van der Waals surface area contributed by atoms with Crippen LogP contribution < -0.4 is 0 Å². The molecule has 0 bridgehead atoms. The van der Waals surface area contributed by atoms with E-state index in [0.29, 0.717) is 17.5 Å². The molecule has 1 aliphatic carbocycles. The molecule has 11 rings (SSSR count). The SMILES string of the molecule is C1=CC(c2cccc3oc4c(-c5ccccc5)cccc4c23)CC(c2nc(-c3ccc(-c4cccc5ccccc45)cc3)nc(-c3ccc4ccccc4c3)n2)=C1. The second-order valence-corrected chi connectivity index (χ2v) is 14.7. The number of benzene rings is 8. The van der Waals surface area contributed by atoms with Gasteiger partial charge in [0.15, 0.2) is 17.5 Å². The second-order valence-electron chi connectivity index (χ2n) is 14.7. The van der Waals surface area contributed by atoms with E-state index >= 15 is 0 Å². The van der Waals surface area contributed by atoms with Crippen molar-refractivity contribution in [3.05, 3.63) is 206 Å². The fraction of sp³-hybridized carbons (Fsp3) is 0.0377. The first kappa shape index (κ1) is 33.0. The number of rotatable bonds is 6. The van der Waals surface area contributed by atoms with E-state index in [-0.39, 0.29) is 5.92 Å². The van der Waals surface area contributed by atoms with Crippen molar-refractivity contribution in [1.82, 2.24) is 15.0 Å². The number of aromatic nitrogens is 3. The number of para-hydroxylation sites is 1. The summed E-state index contributed by atoms with van der Waals surface area (Å²) in [4.78, 5) is 15.5. The fourth-order valence-corrected chi connectivity index (χ4v) is 8.47. The summed E-state index contributed by atoms with van der Waals surface area (Å²) in [6, 6.07) is 61.8. The van der Waals surface area contributed by atoms with Gasteiger partial charge >= 0.3 is 0 Å². The summed E-state index contributed by atoms with van der Waals surface area (Å²) in [7, 11) is 0. The van der Waals surface area contributed by atoms with Gasteiger partial charge < -0.3 is 4.42 Å². The van der Waals surface area contributed by atoms with E-state index in [0.717, 1.165) is 67.1 Å². The Morgan fingerprint density at radius 1 is 0.456 bits per heavy atom. The molecular formula is C53H35N3O. The average Bonchev–Trinajstić information content (AvgIpc) is 3.68. The molecule has 0 N–H and O–H groups in total. The van der Waals surface area contributed by atoms with Crippen molar-refractivity contribution in [3.63, 3.8) is 0 Å². The van der Waals surface area contributed by atoms with E-state index < -0.39 is 0 Å². The Morgan fingerprint density at radius 3 is 1.96 bits per heavy atom. The van der Waals surface area contributed by atoms with Gasteiger partial charge in [-0.15, -0.1) is 0 Å². The predicted molar refractivity (Wildman–Crippen MR) is 235 cm³/mol. The highest BCUT2D eigenvalue weighted by atomic mass is 16.3. The topological polar surface area (TPSA) is 51.8 Å². The highest BCUT2D eigenvalue weighted by Gasteiger charge is 2.23. The molecule has 0 spiro atoms.